The van der Waals surface area contributed by atoms with Crippen molar-refractivity contribution in [3.63, 3.8) is 0 Å². The number of hydrazone groups is 1. The Morgan fingerprint density at radius 3 is 2.79 bits per heavy atom. The first-order valence-electron chi connectivity index (χ1n) is 5.87. The van der Waals surface area contributed by atoms with Crippen LogP contribution < -0.4 is 5.43 Å². The second-order valence-corrected chi connectivity index (χ2v) is 6.49. The van der Waals surface area contributed by atoms with Crippen molar-refractivity contribution < 1.29 is 4.79 Å². The van der Waals surface area contributed by atoms with Crippen molar-refractivity contribution >= 4 is 45.9 Å². The molecular weight excluding hydrogens is 300 g/mol. The summed E-state index contributed by atoms with van der Waals surface area (Å²) in [6.07, 6.45) is 1.77. The third-order valence-electron chi connectivity index (χ3n) is 2.38. The van der Waals surface area contributed by atoms with Crippen LogP contribution in [0.1, 0.15) is 34.3 Å². The molecule has 0 saturated carbocycles. The molecule has 0 fully saturated rings. The highest BCUT2D eigenvalue weighted by Crippen LogP contribution is 2.23. The Balaban J connectivity index is 2.11. The number of halogens is 1. The van der Waals surface area contributed by atoms with Gasteiger partial charge in [0.2, 0.25) is 0 Å². The van der Waals surface area contributed by atoms with Gasteiger partial charge in [-0.05, 0) is 30.0 Å². The maximum atomic E-state index is 11.8. The minimum absolute atomic E-state index is 0.175. The Morgan fingerprint density at radius 1 is 1.37 bits per heavy atom. The van der Waals surface area contributed by atoms with Crippen LogP contribution in [0, 0.1) is 0 Å². The van der Waals surface area contributed by atoms with E-state index in [0.29, 0.717) is 4.88 Å². The second-order valence-electron chi connectivity index (χ2n) is 3.83. The molecule has 2 aromatic rings. The van der Waals surface area contributed by atoms with E-state index in [1.807, 2.05) is 23.6 Å². The van der Waals surface area contributed by atoms with Gasteiger partial charge in [0.25, 0.3) is 5.91 Å². The number of thiophene rings is 2. The molecule has 0 radical (unpaired) electrons. The molecule has 0 unspecified atom stereocenters. The maximum absolute atomic E-state index is 11.8. The van der Waals surface area contributed by atoms with Crippen molar-refractivity contribution in [1.82, 2.24) is 5.43 Å². The lowest BCUT2D eigenvalue weighted by atomic mass is 10.2. The van der Waals surface area contributed by atoms with Gasteiger partial charge in [0.1, 0.15) is 0 Å². The quantitative estimate of drug-likeness (QED) is 0.645. The van der Waals surface area contributed by atoms with Crippen LogP contribution in [0.2, 0.25) is 4.34 Å². The zero-order chi connectivity index (χ0) is 13.7. The van der Waals surface area contributed by atoms with Gasteiger partial charge >= 0.3 is 0 Å². The lowest BCUT2D eigenvalue weighted by molar-refractivity contribution is 0.0959. The summed E-state index contributed by atoms with van der Waals surface area (Å²) in [5, 5.41) is 6.09. The van der Waals surface area contributed by atoms with E-state index in [1.54, 1.807) is 6.07 Å². The summed E-state index contributed by atoms with van der Waals surface area (Å²) >= 11 is 8.79. The first-order valence-corrected chi connectivity index (χ1v) is 7.94. The van der Waals surface area contributed by atoms with E-state index in [2.05, 4.69) is 17.5 Å². The van der Waals surface area contributed by atoms with E-state index in [-0.39, 0.29) is 5.91 Å². The lowest BCUT2D eigenvalue weighted by Crippen LogP contribution is -2.18. The minimum Gasteiger partial charge on any atom is -0.266 e. The zero-order valence-corrected chi connectivity index (χ0v) is 12.7. The average Bonchev–Trinajstić information content (AvgIpc) is 3.05. The number of hydrogen-bond acceptors (Lipinski definition) is 4. The highest BCUT2D eigenvalue weighted by Gasteiger charge is 2.09. The van der Waals surface area contributed by atoms with Gasteiger partial charge in [-0.25, -0.2) is 5.43 Å². The first kappa shape index (κ1) is 14.2. The van der Waals surface area contributed by atoms with Crippen LogP contribution in [-0.2, 0) is 0 Å². The Bertz CT molecular complexity index is 575. The number of nitrogens with zero attached hydrogens (tertiary/aromatic N) is 1. The second kappa shape index (κ2) is 6.84. The van der Waals surface area contributed by atoms with E-state index < -0.39 is 0 Å². The molecule has 0 spiro atoms. The van der Waals surface area contributed by atoms with Crippen molar-refractivity contribution in [2.75, 3.05) is 0 Å². The molecule has 2 aromatic heterocycles. The van der Waals surface area contributed by atoms with E-state index in [1.165, 1.54) is 22.7 Å². The standard InChI is InChI=1S/C13H13ClN2OS2/c1-2-4-9(10-6-7-12(14)19-10)15-16-13(17)11-5-3-8-18-11/h3,5-8H,2,4H2,1H3,(H,16,17)/b15-9+. The molecule has 0 atom stereocenters. The fourth-order valence-corrected chi connectivity index (χ4v) is 3.20. The number of carbonyl (C=O) groups is 1. The summed E-state index contributed by atoms with van der Waals surface area (Å²) < 4.78 is 0.725. The molecule has 100 valence electrons. The zero-order valence-electron chi connectivity index (χ0n) is 10.4. The van der Waals surface area contributed by atoms with Gasteiger partial charge in [0, 0.05) is 0 Å². The summed E-state index contributed by atoms with van der Waals surface area (Å²) in [5.41, 5.74) is 3.47. The molecule has 1 amide bonds. The van der Waals surface area contributed by atoms with Crippen LogP contribution >= 0.6 is 34.3 Å². The largest absolute Gasteiger partial charge is 0.281 e. The van der Waals surface area contributed by atoms with Gasteiger partial charge in [0.15, 0.2) is 0 Å². The van der Waals surface area contributed by atoms with E-state index in [4.69, 9.17) is 11.6 Å². The van der Waals surface area contributed by atoms with Crippen LogP contribution in [0.25, 0.3) is 0 Å². The van der Waals surface area contributed by atoms with Gasteiger partial charge < -0.3 is 0 Å². The van der Waals surface area contributed by atoms with Gasteiger partial charge in [0.05, 0.1) is 19.8 Å². The van der Waals surface area contributed by atoms with Crippen LogP contribution in [0.4, 0.5) is 0 Å². The molecule has 0 saturated heterocycles. The minimum atomic E-state index is -0.175. The summed E-state index contributed by atoms with van der Waals surface area (Å²) in [5.74, 6) is -0.175. The van der Waals surface area contributed by atoms with Crippen molar-refractivity contribution in [2.45, 2.75) is 19.8 Å². The summed E-state index contributed by atoms with van der Waals surface area (Å²) in [4.78, 5) is 13.5. The monoisotopic (exact) mass is 312 g/mol. The van der Waals surface area contributed by atoms with E-state index in [9.17, 15) is 4.79 Å². The van der Waals surface area contributed by atoms with Crippen LogP contribution in [-0.4, -0.2) is 11.6 Å². The molecule has 0 aliphatic heterocycles. The van der Waals surface area contributed by atoms with Crippen molar-refractivity contribution in [2.24, 2.45) is 5.10 Å². The molecule has 6 heteroatoms. The van der Waals surface area contributed by atoms with Crippen molar-refractivity contribution in [1.29, 1.82) is 0 Å². The van der Waals surface area contributed by atoms with Crippen molar-refractivity contribution in [3.8, 4) is 0 Å². The van der Waals surface area contributed by atoms with Crippen LogP contribution in [0.15, 0.2) is 34.7 Å². The first-order chi connectivity index (χ1) is 9.20. The third-order valence-corrected chi connectivity index (χ3v) is 4.53. The molecule has 2 rings (SSSR count). The topological polar surface area (TPSA) is 41.5 Å². The number of carbonyl (C=O) groups excluding carboxylic acids is 1. The van der Waals surface area contributed by atoms with Gasteiger partial charge in [-0.3, -0.25) is 4.79 Å². The Kier molecular flexibility index (Phi) is 5.13. The van der Waals surface area contributed by atoms with Crippen LogP contribution in [0.3, 0.4) is 0 Å². The van der Waals surface area contributed by atoms with Crippen LogP contribution in [0.5, 0.6) is 0 Å². The van der Waals surface area contributed by atoms with E-state index in [0.717, 1.165) is 27.8 Å². The average molecular weight is 313 g/mol. The lowest BCUT2D eigenvalue weighted by Gasteiger charge is -2.03. The summed E-state index contributed by atoms with van der Waals surface area (Å²) in [7, 11) is 0. The molecule has 0 aliphatic rings. The smallest absolute Gasteiger partial charge is 0.266 e. The fourth-order valence-electron chi connectivity index (χ4n) is 1.52. The normalized spacial score (nSPS) is 11.6. The number of rotatable bonds is 5. The molecule has 0 bridgehead atoms. The molecule has 0 aromatic carbocycles. The molecule has 19 heavy (non-hydrogen) atoms. The predicted molar refractivity (Wildman–Crippen MR) is 82.6 cm³/mol. The van der Waals surface area contributed by atoms with E-state index >= 15 is 0 Å². The highest BCUT2D eigenvalue weighted by atomic mass is 35.5. The molecule has 1 N–H and O–H groups in total. The third kappa shape index (κ3) is 3.89. The highest BCUT2D eigenvalue weighted by molar-refractivity contribution is 7.18. The SMILES string of the molecule is CCC/C(=N\NC(=O)c1cccs1)c1ccc(Cl)s1. The Hall–Kier alpha value is -1.17. The van der Waals surface area contributed by atoms with Gasteiger partial charge in [-0.2, -0.15) is 5.10 Å². The molecular formula is C13H13ClN2OS2. The van der Waals surface area contributed by atoms with Crippen molar-refractivity contribution in [3.05, 3.63) is 43.7 Å². The summed E-state index contributed by atoms with van der Waals surface area (Å²) in [6.45, 7) is 2.08. The van der Waals surface area contributed by atoms with Gasteiger partial charge in [-0.15, -0.1) is 22.7 Å². The Labute approximate surface area is 124 Å². The number of amides is 1. The molecule has 0 aliphatic carbocycles. The van der Waals surface area contributed by atoms with Gasteiger partial charge in [-0.1, -0.05) is 31.0 Å². The molecule has 3 nitrogen and oxygen atoms in total. The predicted octanol–water partition coefficient (Wildman–Crippen LogP) is 4.40. The summed E-state index contributed by atoms with van der Waals surface area (Å²) in [6, 6.07) is 7.39. The maximum Gasteiger partial charge on any atom is 0.281 e. The molecule has 2 heterocycles. The number of nitrogens with one attached hydrogen (secondary N) is 1. The number of hydrogen-bond donors (Lipinski definition) is 1. The fraction of sp³-hybridized carbons (Fsp3) is 0.231. The Morgan fingerprint density at radius 2 is 2.21 bits per heavy atom.